The maximum atomic E-state index is 5.42. The van der Waals surface area contributed by atoms with Crippen molar-refractivity contribution in [3.05, 3.63) is 59.7 Å². The van der Waals surface area contributed by atoms with Crippen LogP contribution in [0.15, 0.2) is 48.5 Å². The van der Waals surface area contributed by atoms with Crippen molar-refractivity contribution in [2.45, 2.75) is 32.4 Å². The number of quaternary nitrogens is 1. The molecule has 0 aliphatic carbocycles. The van der Waals surface area contributed by atoms with Gasteiger partial charge in [-0.25, -0.2) is 0 Å². The molecule has 0 saturated heterocycles. The first-order chi connectivity index (χ1) is 10.3. The van der Waals surface area contributed by atoms with E-state index in [-0.39, 0.29) is 0 Å². The van der Waals surface area contributed by atoms with Crippen LogP contribution in [-0.2, 0) is 13.0 Å². The number of fused-ring (bicyclic) bond motifs is 1. The van der Waals surface area contributed by atoms with E-state index >= 15 is 0 Å². The van der Waals surface area contributed by atoms with Gasteiger partial charge < -0.3 is 14.8 Å². The Labute approximate surface area is 125 Å². The van der Waals surface area contributed by atoms with Crippen molar-refractivity contribution in [3.8, 4) is 11.5 Å². The first-order valence-corrected chi connectivity index (χ1v) is 7.57. The summed E-state index contributed by atoms with van der Waals surface area (Å²) in [6.45, 7) is 3.61. The number of hydrogen-bond acceptors (Lipinski definition) is 2. The first-order valence-electron chi connectivity index (χ1n) is 7.57. The number of ether oxygens (including phenoxy) is 2. The van der Waals surface area contributed by atoms with Crippen molar-refractivity contribution < 1.29 is 14.8 Å². The Morgan fingerprint density at radius 3 is 2.67 bits per heavy atom. The molecule has 2 N–H and O–H groups in total. The molecule has 3 nitrogen and oxygen atoms in total. The fourth-order valence-electron chi connectivity index (χ4n) is 2.56. The maximum absolute atomic E-state index is 5.42. The van der Waals surface area contributed by atoms with Crippen LogP contribution in [0.2, 0.25) is 0 Å². The standard InChI is InChI=1S/C18H21NO2/c1-14(7-8-15-5-3-2-4-6-15)19-12-16-9-10-17-18(11-16)21-13-20-17/h2-6,9-11,14,19H,7-8,12-13H2,1H3/p+1/t14-/m0/s1. The molecule has 0 spiro atoms. The summed E-state index contributed by atoms with van der Waals surface area (Å²) in [6.07, 6.45) is 2.33. The number of nitrogens with two attached hydrogens (primary N) is 1. The first kappa shape index (κ1) is 14.0. The molecule has 0 fully saturated rings. The predicted molar refractivity (Wildman–Crippen MR) is 82.4 cm³/mol. The lowest BCUT2D eigenvalue weighted by molar-refractivity contribution is -0.701. The average Bonchev–Trinajstić information content (AvgIpc) is 2.99. The number of rotatable bonds is 6. The van der Waals surface area contributed by atoms with Gasteiger partial charge in [0.05, 0.1) is 6.04 Å². The highest BCUT2D eigenvalue weighted by molar-refractivity contribution is 5.44. The van der Waals surface area contributed by atoms with Gasteiger partial charge in [-0.3, -0.25) is 0 Å². The van der Waals surface area contributed by atoms with E-state index in [1.54, 1.807) is 0 Å². The Hall–Kier alpha value is -2.00. The molecule has 0 aromatic heterocycles. The molecule has 0 saturated carbocycles. The zero-order valence-electron chi connectivity index (χ0n) is 12.4. The summed E-state index contributed by atoms with van der Waals surface area (Å²) in [5.41, 5.74) is 2.70. The third kappa shape index (κ3) is 3.76. The second-order valence-corrected chi connectivity index (χ2v) is 5.63. The Morgan fingerprint density at radius 1 is 1.00 bits per heavy atom. The van der Waals surface area contributed by atoms with Crippen LogP contribution in [0.1, 0.15) is 24.5 Å². The van der Waals surface area contributed by atoms with Crippen LogP contribution in [0, 0.1) is 0 Å². The molecule has 2 aromatic carbocycles. The van der Waals surface area contributed by atoms with Gasteiger partial charge in [0.1, 0.15) is 6.54 Å². The van der Waals surface area contributed by atoms with Crippen LogP contribution in [-0.4, -0.2) is 12.8 Å². The molecule has 0 amide bonds. The minimum Gasteiger partial charge on any atom is -0.454 e. The summed E-state index contributed by atoms with van der Waals surface area (Å²) in [5.74, 6) is 1.73. The molecule has 3 rings (SSSR count). The van der Waals surface area contributed by atoms with Crippen LogP contribution in [0.3, 0.4) is 0 Å². The number of hydrogen-bond donors (Lipinski definition) is 1. The second-order valence-electron chi connectivity index (χ2n) is 5.63. The van der Waals surface area contributed by atoms with Crippen molar-refractivity contribution in [1.29, 1.82) is 0 Å². The number of aryl methyl sites for hydroxylation is 1. The quantitative estimate of drug-likeness (QED) is 0.884. The van der Waals surface area contributed by atoms with Gasteiger partial charge in [-0.2, -0.15) is 0 Å². The van der Waals surface area contributed by atoms with Crippen LogP contribution in [0.4, 0.5) is 0 Å². The van der Waals surface area contributed by atoms with Crippen molar-refractivity contribution in [2.24, 2.45) is 0 Å². The molecule has 21 heavy (non-hydrogen) atoms. The Bertz CT molecular complexity index is 583. The molecule has 1 aliphatic heterocycles. The van der Waals surface area contributed by atoms with Gasteiger partial charge in [-0.15, -0.1) is 0 Å². The molecule has 1 atom stereocenters. The van der Waals surface area contributed by atoms with Gasteiger partial charge in [0, 0.05) is 12.0 Å². The highest BCUT2D eigenvalue weighted by Gasteiger charge is 2.14. The van der Waals surface area contributed by atoms with E-state index in [9.17, 15) is 0 Å². The third-order valence-corrected chi connectivity index (χ3v) is 3.92. The minimum absolute atomic E-state index is 0.343. The Balaban J connectivity index is 1.46. The fraction of sp³-hybridized carbons (Fsp3) is 0.333. The monoisotopic (exact) mass is 284 g/mol. The normalized spacial score (nSPS) is 14.1. The zero-order valence-corrected chi connectivity index (χ0v) is 12.4. The van der Waals surface area contributed by atoms with E-state index in [1.807, 2.05) is 6.07 Å². The van der Waals surface area contributed by atoms with Crippen molar-refractivity contribution in [3.63, 3.8) is 0 Å². The Morgan fingerprint density at radius 2 is 1.81 bits per heavy atom. The molecular formula is C18H22NO2+. The van der Waals surface area contributed by atoms with Crippen LogP contribution < -0.4 is 14.8 Å². The van der Waals surface area contributed by atoms with Crippen LogP contribution in [0.25, 0.3) is 0 Å². The van der Waals surface area contributed by atoms with Gasteiger partial charge >= 0.3 is 0 Å². The molecule has 2 aromatic rings. The number of benzene rings is 2. The summed E-state index contributed by atoms with van der Waals surface area (Å²) >= 11 is 0. The third-order valence-electron chi connectivity index (χ3n) is 3.92. The minimum atomic E-state index is 0.343. The van der Waals surface area contributed by atoms with Crippen LogP contribution in [0.5, 0.6) is 11.5 Å². The van der Waals surface area contributed by atoms with Crippen molar-refractivity contribution >= 4 is 0 Å². The predicted octanol–water partition coefficient (Wildman–Crippen LogP) is 2.50. The SMILES string of the molecule is C[C@@H](CCc1ccccc1)[NH2+]Cc1ccc2c(c1)OCO2. The van der Waals surface area contributed by atoms with Gasteiger partial charge in [0.2, 0.25) is 6.79 Å². The molecule has 0 bridgehead atoms. The van der Waals surface area contributed by atoms with Gasteiger partial charge in [-0.1, -0.05) is 30.3 Å². The maximum Gasteiger partial charge on any atom is 0.231 e. The summed E-state index contributed by atoms with van der Waals surface area (Å²) in [5, 5.41) is 2.39. The van der Waals surface area contributed by atoms with Gasteiger partial charge in [-0.05, 0) is 37.1 Å². The lowest BCUT2D eigenvalue weighted by atomic mass is 10.1. The van der Waals surface area contributed by atoms with Crippen molar-refractivity contribution in [1.82, 2.24) is 0 Å². The summed E-state index contributed by atoms with van der Waals surface area (Å²) in [4.78, 5) is 0. The molecule has 110 valence electrons. The molecule has 3 heteroatoms. The van der Waals surface area contributed by atoms with E-state index < -0.39 is 0 Å². The Kier molecular flexibility index (Phi) is 4.41. The summed E-state index contributed by atoms with van der Waals surface area (Å²) in [7, 11) is 0. The lowest BCUT2D eigenvalue weighted by Gasteiger charge is -2.11. The molecule has 0 radical (unpaired) electrons. The molecule has 0 unspecified atom stereocenters. The van der Waals surface area contributed by atoms with E-state index in [4.69, 9.17) is 9.47 Å². The molecule has 1 heterocycles. The molecule has 1 aliphatic rings. The summed E-state index contributed by atoms with van der Waals surface area (Å²) < 4.78 is 10.7. The van der Waals surface area contributed by atoms with E-state index in [0.29, 0.717) is 12.8 Å². The molecular weight excluding hydrogens is 262 g/mol. The van der Waals surface area contributed by atoms with Crippen molar-refractivity contribution in [2.75, 3.05) is 6.79 Å². The van der Waals surface area contributed by atoms with E-state index in [0.717, 1.165) is 24.5 Å². The fourth-order valence-corrected chi connectivity index (χ4v) is 2.56. The average molecular weight is 284 g/mol. The van der Waals surface area contributed by atoms with E-state index in [1.165, 1.54) is 17.5 Å². The second kappa shape index (κ2) is 6.64. The van der Waals surface area contributed by atoms with Gasteiger partial charge in [0.25, 0.3) is 0 Å². The van der Waals surface area contributed by atoms with Crippen LogP contribution >= 0.6 is 0 Å². The topological polar surface area (TPSA) is 35.1 Å². The lowest BCUT2D eigenvalue weighted by Crippen LogP contribution is -2.87. The largest absolute Gasteiger partial charge is 0.454 e. The van der Waals surface area contributed by atoms with E-state index in [2.05, 4.69) is 54.7 Å². The highest BCUT2D eigenvalue weighted by Crippen LogP contribution is 2.32. The van der Waals surface area contributed by atoms with Gasteiger partial charge in [0.15, 0.2) is 11.5 Å². The smallest absolute Gasteiger partial charge is 0.231 e. The zero-order chi connectivity index (χ0) is 14.5. The summed E-state index contributed by atoms with van der Waals surface area (Å²) in [6, 6.07) is 17.5. The highest BCUT2D eigenvalue weighted by atomic mass is 16.7.